The number of furan rings is 1. The van der Waals surface area contributed by atoms with Gasteiger partial charge in [-0.2, -0.15) is 4.98 Å². The van der Waals surface area contributed by atoms with Crippen molar-refractivity contribution in [2.24, 2.45) is 0 Å². The van der Waals surface area contributed by atoms with Crippen molar-refractivity contribution in [1.82, 2.24) is 15.2 Å². The molecular weight excluding hydrogens is 432 g/mol. The summed E-state index contributed by atoms with van der Waals surface area (Å²) in [5.74, 6) is 1.34. The van der Waals surface area contributed by atoms with E-state index in [1.165, 1.54) is 18.7 Å². The molecule has 2 aromatic heterocycles. The number of hydrogen-bond acceptors (Lipinski definition) is 7. The lowest BCUT2D eigenvalue weighted by atomic mass is 10.1. The Morgan fingerprint density at radius 3 is 2.74 bits per heavy atom. The van der Waals surface area contributed by atoms with Gasteiger partial charge < -0.3 is 9.15 Å². The lowest BCUT2D eigenvalue weighted by Gasteiger charge is -2.28. The van der Waals surface area contributed by atoms with Gasteiger partial charge in [-0.25, -0.2) is 0 Å². The van der Waals surface area contributed by atoms with Crippen LogP contribution in [0.1, 0.15) is 24.7 Å². The molecule has 1 amide bonds. The second kappa shape index (κ2) is 6.97. The zero-order valence-corrected chi connectivity index (χ0v) is 17.2. The quantitative estimate of drug-likeness (QED) is 0.540. The molecule has 0 fully saturated rings. The first-order valence-corrected chi connectivity index (χ1v) is 10.1. The Hall–Kier alpha value is -2.39. The van der Waals surface area contributed by atoms with E-state index in [9.17, 15) is 4.79 Å². The van der Waals surface area contributed by atoms with Crippen molar-refractivity contribution in [2.75, 3.05) is 11.2 Å². The Kier molecular flexibility index (Phi) is 4.65. The minimum Gasteiger partial charge on any atom is -0.460 e. The van der Waals surface area contributed by atoms with Crippen LogP contribution in [0.2, 0.25) is 0 Å². The molecule has 9 heteroatoms. The third-order valence-corrected chi connectivity index (χ3v) is 5.12. The predicted octanol–water partition coefficient (Wildman–Crippen LogP) is 4.37. The number of benzene rings is 1. The highest BCUT2D eigenvalue weighted by atomic mass is 79.9. The van der Waals surface area contributed by atoms with Crippen molar-refractivity contribution in [2.45, 2.75) is 25.2 Å². The summed E-state index contributed by atoms with van der Waals surface area (Å²) in [6, 6.07) is 9.20. The lowest BCUT2D eigenvalue weighted by Crippen LogP contribution is -2.35. The molecule has 1 aromatic carbocycles. The molecular formula is C18H15BrN4O3S. The number of fused-ring (bicyclic) bond motifs is 3. The van der Waals surface area contributed by atoms with Gasteiger partial charge in [0.1, 0.15) is 5.76 Å². The molecule has 3 aromatic rings. The molecule has 27 heavy (non-hydrogen) atoms. The van der Waals surface area contributed by atoms with Gasteiger partial charge >= 0.3 is 0 Å². The summed E-state index contributed by atoms with van der Waals surface area (Å²) in [4.78, 5) is 18.6. The van der Waals surface area contributed by atoms with Crippen LogP contribution in [0.25, 0.3) is 11.3 Å². The summed E-state index contributed by atoms with van der Waals surface area (Å²) >= 11 is 4.84. The van der Waals surface area contributed by atoms with Crippen LogP contribution >= 0.6 is 27.7 Å². The van der Waals surface area contributed by atoms with Gasteiger partial charge in [0.15, 0.2) is 11.5 Å². The van der Waals surface area contributed by atoms with Gasteiger partial charge in [-0.1, -0.05) is 27.7 Å². The third-order valence-electron chi connectivity index (χ3n) is 4.09. The van der Waals surface area contributed by atoms with E-state index >= 15 is 0 Å². The molecule has 0 spiro atoms. The van der Waals surface area contributed by atoms with Crippen LogP contribution in [-0.4, -0.2) is 27.3 Å². The molecule has 0 N–H and O–H groups in total. The Bertz CT molecular complexity index is 1040. The van der Waals surface area contributed by atoms with Crippen LogP contribution in [0.15, 0.2) is 44.4 Å². The van der Waals surface area contributed by atoms with Crippen LogP contribution in [0, 0.1) is 6.92 Å². The Balaban J connectivity index is 2.00. The molecule has 1 aliphatic rings. The number of rotatable bonds is 2. The molecule has 0 aliphatic carbocycles. The van der Waals surface area contributed by atoms with Gasteiger partial charge in [-0.3, -0.25) is 9.69 Å². The SMILES string of the molecule is CSc1nnc2c(n1)O[C@H](c1ccc(C)o1)N(C(C)=O)c1ccc(Br)cc1-2. The van der Waals surface area contributed by atoms with E-state index in [4.69, 9.17) is 9.15 Å². The van der Waals surface area contributed by atoms with E-state index in [1.807, 2.05) is 37.4 Å². The average molecular weight is 447 g/mol. The summed E-state index contributed by atoms with van der Waals surface area (Å²) in [7, 11) is 0. The fraction of sp³-hybridized carbons (Fsp3) is 0.222. The molecule has 138 valence electrons. The largest absolute Gasteiger partial charge is 0.460 e. The van der Waals surface area contributed by atoms with E-state index in [0.717, 1.165) is 10.2 Å². The third kappa shape index (κ3) is 3.21. The van der Waals surface area contributed by atoms with Crippen molar-refractivity contribution in [3.8, 4) is 17.1 Å². The lowest BCUT2D eigenvalue weighted by molar-refractivity contribution is -0.118. The molecule has 0 radical (unpaired) electrons. The second-order valence-electron chi connectivity index (χ2n) is 5.92. The standard InChI is InChI=1S/C18H15BrN4O3S/c1-9-4-7-14(25-9)17-23(10(2)24)13-6-5-11(19)8-12(13)15-16(26-17)20-18(27-3)22-21-15/h4-8,17H,1-3H3/t17-/m1/s1. The van der Waals surface area contributed by atoms with Gasteiger partial charge in [0.2, 0.25) is 23.2 Å². The molecule has 7 nitrogen and oxygen atoms in total. The number of aryl methyl sites for hydroxylation is 1. The van der Waals surface area contributed by atoms with Crippen molar-refractivity contribution in [3.63, 3.8) is 0 Å². The Morgan fingerprint density at radius 1 is 1.26 bits per heavy atom. The molecule has 0 saturated heterocycles. The molecule has 0 saturated carbocycles. The average Bonchev–Trinajstić information content (AvgIpc) is 3.02. The summed E-state index contributed by atoms with van der Waals surface area (Å²) in [6.07, 6.45) is 1.06. The zero-order chi connectivity index (χ0) is 19.1. The minimum absolute atomic E-state index is 0.191. The zero-order valence-electron chi connectivity index (χ0n) is 14.8. The first kappa shape index (κ1) is 18.0. The number of thioether (sulfide) groups is 1. The number of amides is 1. The fourth-order valence-electron chi connectivity index (χ4n) is 2.93. The van der Waals surface area contributed by atoms with Crippen molar-refractivity contribution in [3.05, 3.63) is 46.3 Å². The molecule has 1 atom stereocenters. The summed E-state index contributed by atoms with van der Waals surface area (Å²) in [5, 5.41) is 8.93. The number of halogens is 1. The molecule has 3 heterocycles. The number of hydrogen-bond donors (Lipinski definition) is 0. The van der Waals surface area contributed by atoms with Crippen molar-refractivity contribution < 1.29 is 13.9 Å². The molecule has 0 unspecified atom stereocenters. The summed E-state index contributed by atoms with van der Waals surface area (Å²) < 4.78 is 12.8. The van der Waals surface area contributed by atoms with Crippen LogP contribution in [0.5, 0.6) is 5.88 Å². The maximum absolute atomic E-state index is 12.6. The highest BCUT2D eigenvalue weighted by Crippen LogP contribution is 2.44. The first-order valence-electron chi connectivity index (χ1n) is 8.09. The Morgan fingerprint density at radius 2 is 2.07 bits per heavy atom. The summed E-state index contributed by atoms with van der Waals surface area (Å²) in [6.45, 7) is 3.33. The van der Waals surface area contributed by atoms with Gasteiger partial charge in [0.25, 0.3) is 0 Å². The smallest absolute Gasteiger partial charge is 0.247 e. The highest BCUT2D eigenvalue weighted by Gasteiger charge is 2.36. The number of ether oxygens (including phenoxy) is 1. The maximum Gasteiger partial charge on any atom is 0.247 e. The fourth-order valence-corrected chi connectivity index (χ4v) is 3.59. The van der Waals surface area contributed by atoms with Crippen molar-refractivity contribution in [1.29, 1.82) is 0 Å². The number of anilines is 1. The number of nitrogens with zero attached hydrogens (tertiary/aromatic N) is 4. The van der Waals surface area contributed by atoms with E-state index in [2.05, 4.69) is 31.1 Å². The topological polar surface area (TPSA) is 81.3 Å². The summed E-state index contributed by atoms with van der Waals surface area (Å²) in [5.41, 5.74) is 1.82. The minimum atomic E-state index is -0.802. The van der Waals surface area contributed by atoms with E-state index in [0.29, 0.717) is 33.7 Å². The second-order valence-corrected chi connectivity index (χ2v) is 7.61. The van der Waals surface area contributed by atoms with Crippen molar-refractivity contribution >= 4 is 39.3 Å². The van der Waals surface area contributed by atoms with Gasteiger partial charge in [-0.15, -0.1) is 10.2 Å². The predicted molar refractivity (Wildman–Crippen MR) is 105 cm³/mol. The van der Waals surface area contributed by atoms with Gasteiger partial charge in [0.05, 0.1) is 5.69 Å². The molecule has 1 aliphatic heterocycles. The molecule has 4 rings (SSSR count). The monoisotopic (exact) mass is 446 g/mol. The van der Waals surface area contributed by atoms with E-state index in [-0.39, 0.29) is 5.91 Å². The number of carbonyl (C=O) groups excluding carboxylic acids is 1. The highest BCUT2D eigenvalue weighted by molar-refractivity contribution is 9.10. The van der Waals surface area contributed by atoms with Crippen LogP contribution in [-0.2, 0) is 4.79 Å². The van der Waals surface area contributed by atoms with Gasteiger partial charge in [-0.05, 0) is 43.5 Å². The van der Waals surface area contributed by atoms with E-state index < -0.39 is 6.23 Å². The number of carbonyl (C=O) groups is 1. The van der Waals surface area contributed by atoms with Crippen LogP contribution in [0.4, 0.5) is 5.69 Å². The normalized spacial score (nSPS) is 15.6. The van der Waals surface area contributed by atoms with Crippen LogP contribution in [0.3, 0.4) is 0 Å². The number of aromatic nitrogens is 3. The first-order chi connectivity index (χ1) is 13.0. The maximum atomic E-state index is 12.6. The van der Waals surface area contributed by atoms with Crippen LogP contribution < -0.4 is 9.64 Å². The van der Waals surface area contributed by atoms with Gasteiger partial charge in [0, 0.05) is 17.0 Å². The molecule has 0 bridgehead atoms. The van der Waals surface area contributed by atoms with E-state index in [1.54, 1.807) is 11.0 Å². The Labute approximate surface area is 168 Å².